The Hall–Kier alpha value is -0.130. The molecule has 0 spiro atoms. The van der Waals surface area contributed by atoms with Crippen LogP contribution in [0.15, 0.2) is 4.99 Å². The van der Waals surface area contributed by atoms with Gasteiger partial charge in [-0.05, 0) is 25.7 Å². The van der Waals surface area contributed by atoms with Crippen molar-refractivity contribution >= 4 is 40.0 Å². The fraction of sp³-hybridized carbons (Fsp3) is 0.923. The molecule has 0 bridgehead atoms. The first-order valence-corrected chi connectivity index (χ1v) is 9.53. The molecule has 130 valence electrons. The molecule has 1 saturated carbocycles. The van der Waals surface area contributed by atoms with E-state index in [1.54, 1.807) is 7.05 Å². The number of sulfonamides is 1. The van der Waals surface area contributed by atoms with Crippen LogP contribution in [-0.4, -0.2) is 70.8 Å². The van der Waals surface area contributed by atoms with E-state index in [2.05, 4.69) is 25.2 Å². The van der Waals surface area contributed by atoms with Crippen molar-refractivity contribution in [3.63, 3.8) is 0 Å². The summed E-state index contributed by atoms with van der Waals surface area (Å²) >= 11 is 0. The average Bonchev–Trinajstić information content (AvgIpc) is 3.26. The van der Waals surface area contributed by atoms with Gasteiger partial charge in [0.15, 0.2) is 5.96 Å². The molecule has 1 aliphatic carbocycles. The largest absolute Gasteiger partial charge is 0.355 e. The van der Waals surface area contributed by atoms with Gasteiger partial charge < -0.3 is 15.5 Å². The number of halogens is 1. The van der Waals surface area contributed by atoms with Crippen molar-refractivity contribution in [1.29, 1.82) is 0 Å². The fourth-order valence-electron chi connectivity index (χ4n) is 2.65. The third-order valence-electron chi connectivity index (χ3n) is 3.94. The summed E-state index contributed by atoms with van der Waals surface area (Å²) in [6.07, 6.45) is 6.18. The lowest BCUT2D eigenvalue weighted by Gasteiger charge is -2.33. The molecule has 9 heteroatoms. The SMILES string of the molecule is CN=C(NCCNS(C)(=O)=O)NC1CCN(C2CC2)CC1.I. The van der Waals surface area contributed by atoms with Crippen molar-refractivity contribution < 1.29 is 8.42 Å². The summed E-state index contributed by atoms with van der Waals surface area (Å²) in [4.78, 5) is 6.77. The van der Waals surface area contributed by atoms with Gasteiger partial charge in [0.1, 0.15) is 0 Å². The van der Waals surface area contributed by atoms with Crippen LogP contribution in [0.25, 0.3) is 0 Å². The lowest BCUT2D eigenvalue weighted by atomic mass is 10.1. The van der Waals surface area contributed by atoms with E-state index < -0.39 is 10.0 Å². The highest BCUT2D eigenvalue weighted by Gasteiger charge is 2.31. The van der Waals surface area contributed by atoms with Gasteiger partial charge in [-0.1, -0.05) is 0 Å². The molecule has 0 atom stereocenters. The van der Waals surface area contributed by atoms with Crippen LogP contribution in [0.5, 0.6) is 0 Å². The molecule has 7 nitrogen and oxygen atoms in total. The average molecular weight is 445 g/mol. The molecule has 2 fully saturated rings. The molecule has 22 heavy (non-hydrogen) atoms. The molecule has 0 aromatic rings. The van der Waals surface area contributed by atoms with Gasteiger partial charge in [0.2, 0.25) is 10.0 Å². The third kappa shape index (κ3) is 7.42. The third-order valence-corrected chi connectivity index (χ3v) is 4.67. The first-order valence-electron chi connectivity index (χ1n) is 7.64. The highest BCUT2D eigenvalue weighted by molar-refractivity contribution is 14.0. The van der Waals surface area contributed by atoms with E-state index in [-0.39, 0.29) is 24.0 Å². The number of hydrogen-bond donors (Lipinski definition) is 3. The Balaban J connectivity index is 0.00000242. The van der Waals surface area contributed by atoms with Gasteiger partial charge in [-0.15, -0.1) is 24.0 Å². The Kier molecular flexibility index (Phi) is 8.36. The fourth-order valence-corrected chi connectivity index (χ4v) is 3.13. The molecular weight excluding hydrogens is 417 g/mol. The molecular formula is C13H28IN5O2S. The summed E-state index contributed by atoms with van der Waals surface area (Å²) in [5.74, 6) is 0.746. The molecule has 1 aliphatic heterocycles. The summed E-state index contributed by atoms with van der Waals surface area (Å²) in [7, 11) is -1.39. The maximum Gasteiger partial charge on any atom is 0.208 e. The second-order valence-corrected chi connectivity index (χ2v) is 7.68. The quantitative estimate of drug-likeness (QED) is 0.231. The van der Waals surface area contributed by atoms with E-state index in [1.807, 2.05) is 0 Å². The monoisotopic (exact) mass is 445 g/mol. The van der Waals surface area contributed by atoms with Crippen molar-refractivity contribution in [2.24, 2.45) is 4.99 Å². The Morgan fingerprint density at radius 2 is 1.82 bits per heavy atom. The smallest absolute Gasteiger partial charge is 0.208 e. The Labute approximate surface area is 150 Å². The van der Waals surface area contributed by atoms with Gasteiger partial charge >= 0.3 is 0 Å². The van der Waals surface area contributed by atoms with Crippen LogP contribution >= 0.6 is 24.0 Å². The van der Waals surface area contributed by atoms with Crippen molar-refractivity contribution in [2.45, 2.75) is 37.8 Å². The van der Waals surface area contributed by atoms with E-state index in [0.29, 0.717) is 19.1 Å². The van der Waals surface area contributed by atoms with Crippen LogP contribution in [0.3, 0.4) is 0 Å². The predicted octanol–water partition coefficient (Wildman–Crippen LogP) is -0.0546. The van der Waals surface area contributed by atoms with Crippen LogP contribution in [0.2, 0.25) is 0 Å². The van der Waals surface area contributed by atoms with Crippen molar-refractivity contribution in [3.05, 3.63) is 0 Å². The molecule has 0 unspecified atom stereocenters. The topological polar surface area (TPSA) is 85.8 Å². The zero-order valence-electron chi connectivity index (χ0n) is 13.3. The molecule has 0 aromatic carbocycles. The minimum absolute atomic E-state index is 0. The second-order valence-electron chi connectivity index (χ2n) is 5.85. The highest BCUT2D eigenvalue weighted by atomic mass is 127. The Morgan fingerprint density at radius 1 is 1.18 bits per heavy atom. The molecule has 1 heterocycles. The normalized spacial score (nSPS) is 21.3. The highest BCUT2D eigenvalue weighted by Crippen LogP contribution is 2.29. The van der Waals surface area contributed by atoms with E-state index in [0.717, 1.165) is 44.2 Å². The van der Waals surface area contributed by atoms with Gasteiger partial charge in [0.25, 0.3) is 0 Å². The zero-order valence-corrected chi connectivity index (χ0v) is 16.5. The number of nitrogens with one attached hydrogen (secondary N) is 3. The molecule has 2 aliphatic rings. The number of piperidine rings is 1. The summed E-state index contributed by atoms with van der Waals surface area (Å²) in [6.45, 7) is 3.21. The summed E-state index contributed by atoms with van der Waals surface area (Å²) < 4.78 is 24.4. The number of guanidine groups is 1. The minimum Gasteiger partial charge on any atom is -0.355 e. The van der Waals surface area contributed by atoms with Gasteiger partial charge in [-0.2, -0.15) is 0 Å². The number of rotatable bonds is 6. The van der Waals surface area contributed by atoms with Crippen LogP contribution in [-0.2, 0) is 10.0 Å². The molecule has 0 aromatic heterocycles. The second kappa shape index (κ2) is 9.24. The molecule has 3 N–H and O–H groups in total. The maximum absolute atomic E-state index is 11.0. The van der Waals surface area contributed by atoms with Crippen molar-refractivity contribution in [1.82, 2.24) is 20.3 Å². The summed E-state index contributed by atoms with van der Waals surface area (Å²) in [5, 5.41) is 6.55. The number of aliphatic imine (C=N–C) groups is 1. The van der Waals surface area contributed by atoms with Crippen molar-refractivity contribution in [3.8, 4) is 0 Å². The lowest BCUT2D eigenvalue weighted by molar-refractivity contribution is 0.197. The standard InChI is InChI=1S/C13H27N5O2S.HI/c1-14-13(15-7-8-16-21(2,19)20)17-11-5-9-18(10-6-11)12-3-4-12;/h11-12,16H,3-10H2,1-2H3,(H2,14,15,17);1H. The summed E-state index contributed by atoms with van der Waals surface area (Å²) in [5.41, 5.74) is 0. The molecule has 1 saturated heterocycles. The summed E-state index contributed by atoms with van der Waals surface area (Å²) in [6, 6.07) is 1.31. The van der Waals surface area contributed by atoms with Gasteiger partial charge in [-0.3, -0.25) is 4.99 Å². The number of likely N-dealkylation sites (tertiary alicyclic amines) is 1. The van der Waals surface area contributed by atoms with E-state index in [4.69, 9.17) is 0 Å². The van der Waals surface area contributed by atoms with E-state index >= 15 is 0 Å². The van der Waals surface area contributed by atoms with Gasteiger partial charge in [0.05, 0.1) is 6.26 Å². The van der Waals surface area contributed by atoms with E-state index in [1.165, 1.54) is 12.8 Å². The Morgan fingerprint density at radius 3 is 2.32 bits per heavy atom. The van der Waals surface area contributed by atoms with Crippen LogP contribution in [0, 0.1) is 0 Å². The molecule has 2 rings (SSSR count). The molecule has 0 amide bonds. The van der Waals surface area contributed by atoms with Gasteiger partial charge in [-0.25, -0.2) is 13.1 Å². The maximum atomic E-state index is 11.0. The minimum atomic E-state index is -3.12. The van der Waals surface area contributed by atoms with Crippen LogP contribution in [0.4, 0.5) is 0 Å². The lowest BCUT2D eigenvalue weighted by Crippen LogP contribution is -2.50. The number of hydrogen-bond acceptors (Lipinski definition) is 4. The van der Waals surface area contributed by atoms with E-state index in [9.17, 15) is 8.42 Å². The number of nitrogens with zero attached hydrogens (tertiary/aromatic N) is 2. The first-order chi connectivity index (χ1) is 9.98. The van der Waals surface area contributed by atoms with Crippen LogP contribution < -0.4 is 15.4 Å². The molecule has 0 radical (unpaired) electrons. The van der Waals surface area contributed by atoms with Crippen LogP contribution in [0.1, 0.15) is 25.7 Å². The first kappa shape index (κ1) is 19.9. The predicted molar refractivity (Wildman–Crippen MR) is 100 cm³/mol. The Bertz CT molecular complexity index is 459. The zero-order chi connectivity index (χ0) is 15.3. The van der Waals surface area contributed by atoms with Crippen molar-refractivity contribution in [2.75, 3.05) is 39.5 Å². The van der Waals surface area contributed by atoms with Gasteiger partial charge in [0, 0.05) is 45.3 Å².